The van der Waals surface area contributed by atoms with Crippen molar-refractivity contribution in [1.82, 2.24) is 14.3 Å². The second kappa shape index (κ2) is 6.32. The lowest BCUT2D eigenvalue weighted by molar-refractivity contribution is 0.225. The summed E-state index contributed by atoms with van der Waals surface area (Å²) in [6, 6.07) is 0.522. The summed E-state index contributed by atoms with van der Waals surface area (Å²) >= 11 is 0. The molecule has 2 saturated heterocycles. The molecule has 0 aromatic carbocycles. The third kappa shape index (κ3) is 3.44. The van der Waals surface area contributed by atoms with Crippen molar-refractivity contribution in [2.45, 2.75) is 45.1 Å². The van der Waals surface area contributed by atoms with E-state index >= 15 is 0 Å². The number of nitrogens with one attached hydrogen (secondary N) is 2. The number of nitrogens with zero attached hydrogens (tertiary/aromatic N) is 1. The molecule has 2 heterocycles. The van der Waals surface area contributed by atoms with Crippen LogP contribution in [0.5, 0.6) is 0 Å². The van der Waals surface area contributed by atoms with Gasteiger partial charge in [-0.25, -0.2) is 4.72 Å². The standard InChI is InChI=1S/C12H25N3O2S/c1-2-7-14-18(16,17)15-9-4-5-11(10-15)12-6-3-8-13-12/h11-14H,2-10H2,1H3. The van der Waals surface area contributed by atoms with Crippen LogP contribution in [-0.4, -0.2) is 44.9 Å². The topological polar surface area (TPSA) is 61.4 Å². The summed E-state index contributed by atoms with van der Waals surface area (Å²) in [5.74, 6) is 0.486. The van der Waals surface area contributed by atoms with Crippen molar-refractivity contribution in [2.24, 2.45) is 5.92 Å². The number of piperidine rings is 1. The maximum atomic E-state index is 12.1. The van der Waals surface area contributed by atoms with Crippen LogP contribution < -0.4 is 10.0 Å². The van der Waals surface area contributed by atoms with Crippen molar-refractivity contribution in [3.63, 3.8) is 0 Å². The molecule has 0 aliphatic carbocycles. The van der Waals surface area contributed by atoms with Gasteiger partial charge < -0.3 is 5.32 Å². The van der Waals surface area contributed by atoms with E-state index in [4.69, 9.17) is 0 Å². The highest BCUT2D eigenvalue weighted by Crippen LogP contribution is 2.25. The molecule has 0 radical (unpaired) electrons. The average molecular weight is 275 g/mol. The summed E-state index contributed by atoms with van der Waals surface area (Å²) < 4.78 is 28.5. The Morgan fingerprint density at radius 2 is 2.17 bits per heavy atom. The zero-order chi connectivity index (χ0) is 13.0. The van der Waals surface area contributed by atoms with E-state index in [9.17, 15) is 8.42 Å². The zero-order valence-electron chi connectivity index (χ0n) is 11.2. The molecule has 2 atom stereocenters. The predicted molar refractivity (Wildman–Crippen MR) is 72.5 cm³/mol. The first-order valence-corrected chi connectivity index (χ1v) is 8.55. The fourth-order valence-corrected chi connectivity index (χ4v) is 4.36. The molecule has 2 fully saturated rings. The summed E-state index contributed by atoms with van der Waals surface area (Å²) in [6.45, 7) is 4.94. The molecule has 0 aromatic rings. The first kappa shape index (κ1) is 14.2. The van der Waals surface area contributed by atoms with Gasteiger partial charge in [-0.05, 0) is 44.6 Å². The van der Waals surface area contributed by atoms with Crippen molar-refractivity contribution in [1.29, 1.82) is 0 Å². The highest BCUT2D eigenvalue weighted by atomic mass is 32.2. The Bertz CT molecular complexity index is 352. The summed E-state index contributed by atoms with van der Waals surface area (Å²) in [6.07, 6.45) is 5.39. The summed E-state index contributed by atoms with van der Waals surface area (Å²) in [5, 5.41) is 3.50. The molecule has 0 bridgehead atoms. The minimum absolute atomic E-state index is 0.486. The SMILES string of the molecule is CCCNS(=O)(=O)N1CCCC(C2CCCN2)C1. The molecule has 2 aliphatic heterocycles. The number of hydrogen-bond acceptors (Lipinski definition) is 3. The Balaban J connectivity index is 1.93. The minimum Gasteiger partial charge on any atom is -0.314 e. The molecule has 5 nitrogen and oxygen atoms in total. The van der Waals surface area contributed by atoms with Gasteiger partial charge in [-0.1, -0.05) is 6.92 Å². The van der Waals surface area contributed by atoms with E-state index in [2.05, 4.69) is 10.0 Å². The summed E-state index contributed by atoms with van der Waals surface area (Å²) in [5.41, 5.74) is 0. The van der Waals surface area contributed by atoms with Gasteiger partial charge in [0.05, 0.1) is 0 Å². The van der Waals surface area contributed by atoms with Crippen LogP contribution >= 0.6 is 0 Å². The average Bonchev–Trinajstić information content (AvgIpc) is 2.90. The lowest BCUT2D eigenvalue weighted by Gasteiger charge is -2.34. The van der Waals surface area contributed by atoms with Crippen LogP contribution in [-0.2, 0) is 10.2 Å². The molecule has 6 heteroatoms. The fourth-order valence-electron chi connectivity index (χ4n) is 2.96. The van der Waals surface area contributed by atoms with Gasteiger partial charge in [0, 0.05) is 25.7 Å². The summed E-state index contributed by atoms with van der Waals surface area (Å²) in [7, 11) is -3.25. The molecule has 18 heavy (non-hydrogen) atoms. The fraction of sp³-hybridized carbons (Fsp3) is 1.00. The Morgan fingerprint density at radius 1 is 1.33 bits per heavy atom. The van der Waals surface area contributed by atoms with E-state index in [0.717, 1.165) is 25.8 Å². The van der Waals surface area contributed by atoms with E-state index in [-0.39, 0.29) is 0 Å². The first-order valence-electron chi connectivity index (χ1n) is 7.11. The van der Waals surface area contributed by atoms with Crippen molar-refractivity contribution >= 4 is 10.2 Å². The highest BCUT2D eigenvalue weighted by molar-refractivity contribution is 7.87. The molecule has 2 aliphatic rings. The largest absolute Gasteiger partial charge is 0.314 e. The quantitative estimate of drug-likeness (QED) is 0.776. The molecule has 0 aromatic heterocycles. The van der Waals surface area contributed by atoms with E-state index in [1.165, 1.54) is 12.8 Å². The highest BCUT2D eigenvalue weighted by Gasteiger charge is 2.33. The van der Waals surface area contributed by atoms with E-state index in [1.807, 2.05) is 6.92 Å². The van der Waals surface area contributed by atoms with E-state index in [1.54, 1.807) is 4.31 Å². The van der Waals surface area contributed by atoms with Gasteiger partial charge in [0.1, 0.15) is 0 Å². The lowest BCUT2D eigenvalue weighted by atomic mass is 9.91. The van der Waals surface area contributed by atoms with Crippen molar-refractivity contribution in [3.8, 4) is 0 Å². The Kier molecular flexibility index (Phi) is 5.00. The second-order valence-electron chi connectivity index (χ2n) is 5.36. The van der Waals surface area contributed by atoms with Crippen LogP contribution in [0.15, 0.2) is 0 Å². The molecule has 2 N–H and O–H groups in total. The van der Waals surface area contributed by atoms with Gasteiger partial charge in [0.2, 0.25) is 0 Å². The van der Waals surface area contributed by atoms with Crippen LogP contribution in [0.4, 0.5) is 0 Å². The molecule has 0 saturated carbocycles. The first-order chi connectivity index (χ1) is 8.63. The van der Waals surface area contributed by atoms with Gasteiger partial charge >= 0.3 is 0 Å². The van der Waals surface area contributed by atoms with Crippen molar-refractivity contribution in [3.05, 3.63) is 0 Å². The van der Waals surface area contributed by atoms with Crippen molar-refractivity contribution in [2.75, 3.05) is 26.2 Å². The smallest absolute Gasteiger partial charge is 0.279 e. The Labute approximate surface area is 110 Å². The van der Waals surface area contributed by atoms with Gasteiger partial charge in [-0.2, -0.15) is 12.7 Å². The number of hydrogen-bond donors (Lipinski definition) is 2. The Morgan fingerprint density at radius 3 is 2.83 bits per heavy atom. The molecular formula is C12H25N3O2S. The Hall–Kier alpha value is -0.170. The molecule has 0 spiro atoms. The van der Waals surface area contributed by atoms with Crippen LogP contribution in [0.25, 0.3) is 0 Å². The lowest BCUT2D eigenvalue weighted by Crippen LogP contribution is -2.49. The maximum absolute atomic E-state index is 12.1. The van der Waals surface area contributed by atoms with E-state index in [0.29, 0.717) is 31.6 Å². The van der Waals surface area contributed by atoms with Gasteiger partial charge in [0.25, 0.3) is 10.2 Å². The molecule has 106 valence electrons. The van der Waals surface area contributed by atoms with Gasteiger partial charge in [-0.15, -0.1) is 0 Å². The van der Waals surface area contributed by atoms with Crippen LogP contribution in [0, 0.1) is 5.92 Å². The minimum atomic E-state index is -3.25. The van der Waals surface area contributed by atoms with Crippen LogP contribution in [0.1, 0.15) is 39.0 Å². The second-order valence-corrected chi connectivity index (χ2v) is 7.12. The molecule has 0 amide bonds. The van der Waals surface area contributed by atoms with Crippen LogP contribution in [0.3, 0.4) is 0 Å². The maximum Gasteiger partial charge on any atom is 0.279 e. The summed E-state index contributed by atoms with van der Waals surface area (Å²) in [4.78, 5) is 0. The predicted octanol–water partition coefficient (Wildman–Crippen LogP) is 0.695. The number of rotatable bonds is 5. The molecular weight excluding hydrogens is 250 g/mol. The monoisotopic (exact) mass is 275 g/mol. The van der Waals surface area contributed by atoms with Gasteiger partial charge in [0.15, 0.2) is 0 Å². The van der Waals surface area contributed by atoms with Gasteiger partial charge in [-0.3, -0.25) is 0 Å². The third-order valence-electron chi connectivity index (χ3n) is 3.96. The zero-order valence-corrected chi connectivity index (χ0v) is 12.0. The van der Waals surface area contributed by atoms with Crippen LogP contribution in [0.2, 0.25) is 0 Å². The normalized spacial score (nSPS) is 30.7. The van der Waals surface area contributed by atoms with E-state index < -0.39 is 10.2 Å². The molecule has 2 unspecified atom stereocenters. The third-order valence-corrected chi connectivity index (χ3v) is 5.54. The molecule has 2 rings (SSSR count). The van der Waals surface area contributed by atoms with Crippen molar-refractivity contribution < 1.29 is 8.42 Å².